The van der Waals surface area contributed by atoms with E-state index in [-0.39, 0.29) is 12.5 Å². The number of methoxy groups -OCH3 is 2. The van der Waals surface area contributed by atoms with Crippen LogP contribution in [0.5, 0.6) is 17.2 Å². The molecule has 0 aliphatic carbocycles. The van der Waals surface area contributed by atoms with E-state index in [4.69, 9.17) is 18.9 Å². The number of carbonyl (C=O) groups is 2. The van der Waals surface area contributed by atoms with Crippen molar-refractivity contribution in [3.8, 4) is 17.2 Å². The SMILES string of the molecule is CCOc1ccccc1/C=C/C(=O)OCC(=O)NCCc1ccc(OC)c(OC)c1. The maximum atomic E-state index is 11.9. The van der Waals surface area contributed by atoms with Gasteiger partial charge in [-0.15, -0.1) is 0 Å². The lowest BCUT2D eigenvalue weighted by Crippen LogP contribution is -2.30. The Hall–Kier alpha value is -3.48. The molecule has 2 aromatic rings. The third kappa shape index (κ3) is 7.16. The zero-order chi connectivity index (χ0) is 21.8. The second-order valence-corrected chi connectivity index (χ2v) is 6.20. The molecule has 7 heteroatoms. The normalized spacial score (nSPS) is 10.5. The Morgan fingerprint density at radius 1 is 1.00 bits per heavy atom. The van der Waals surface area contributed by atoms with Crippen LogP contribution in [0.1, 0.15) is 18.1 Å². The van der Waals surface area contributed by atoms with Crippen molar-refractivity contribution in [3.63, 3.8) is 0 Å². The van der Waals surface area contributed by atoms with Gasteiger partial charge in [0.2, 0.25) is 0 Å². The summed E-state index contributed by atoms with van der Waals surface area (Å²) in [6, 6.07) is 12.9. The number of para-hydroxylation sites is 1. The van der Waals surface area contributed by atoms with Gasteiger partial charge in [0.1, 0.15) is 5.75 Å². The van der Waals surface area contributed by atoms with Gasteiger partial charge >= 0.3 is 5.97 Å². The molecule has 1 amide bonds. The van der Waals surface area contributed by atoms with Crippen LogP contribution >= 0.6 is 0 Å². The Morgan fingerprint density at radius 2 is 1.77 bits per heavy atom. The minimum absolute atomic E-state index is 0.345. The summed E-state index contributed by atoms with van der Waals surface area (Å²) in [5.41, 5.74) is 1.75. The number of hydrogen-bond donors (Lipinski definition) is 1. The van der Waals surface area contributed by atoms with Crippen LogP contribution in [0.2, 0.25) is 0 Å². The molecule has 7 nitrogen and oxygen atoms in total. The zero-order valence-corrected chi connectivity index (χ0v) is 17.5. The van der Waals surface area contributed by atoms with Gasteiger partial charge in [0.15, 0.2) is 18.1 Å². The minimum atomic E-state index is -0.601. The molecular weight excluding hydrogens is 386 g/mol. The molecular formula is C23H27NO6. The van der Waals surface area contributed by atoms with Gasteiger partial charge in [-0.05, 0) is 43.2 Å². The molecule has 0 atom stereocenters. The van der Waals surface area contributed by atoms with Crippen molar-refractivity contribution in [2.45, 2.75) is 13.3 Å². The highest BCUT2D eigenvalue weighted by molar-refractivity contribution is 5.89. The summed E-state index contributed by atoms with van der Waals surface area (Å²) in [7, 11) is 3.15. The van der Waals surface area contributed by atoms with E-state index in [1.807, 2.05) is 49.4 Å². The smallest absolute Gasteiger partial charge is 0.331 e. The molecule has 2 aromatic carbocycles. The maximum Gasteiger partial charge on any atom is 0.331 e. The second kappa shape index (κ2) is 12.2. The van der Waals surface area contributed by atoms with E-state index in [2.05, 4.69) is 5.32 Å². The van der Waals surface area contributed by atoms with Gasteiger partial charge in [0.05, 0.1) is 20.8 Å². The monoisotopic (exact) mass is 413 g/mol. The molecule has 0 spiro atoms. The summed E-state index contributed by atoms with van der Waals surface area (Å²) in [4.78, 5) is 23.8. The molecule has 0 fully saturated rings. The molecule has 0 saturated heterocycles. The number of benzene rings is 2. The van der Waals surface area contributed by atoms with Crippen LogP contribution in [0.15, 0.2) is 48.5 Å². The van der Waals surface area contributed by atoms with Gasteiger partial charge < -0.3 is 24.3 Å². The summed E-state index contributed by atoms with van der Waals surface area (Å²) in [5, 5.41) is 2.72. The molecule has 0 aliphatic heterocycles. The van der Waals surface area contributed by atoms with E-state index in [0.717, 1.165) is 11.1 Å². The van der Waals surface area contributed by atoms with E-state index in [9.17, 15) is 9.59 Å². The van der Waals surface area contributed by atoms with E-state index in [1.165, 1.54) is 6.08 Å². The first-order valence-corrected chi connectivity index (χ1v) is 9.61. The lowest BCUT2D eigenvalue weighted by atomic mass is 10.1. The van der Waals surface area contributed by atoms with Crippen molar-refractivity contribution in [1.82, 2.24) is 5.32 Å². The number of hydrogen-bond acceptors (Lipinski definition) is 6. The molecule has 0 heterocycles. The van der Waals surface area contributed by atoms with E-state index < -0.39 is 5.97 Å². The standard InChI is InChI=1S/C23H27NO6/c1-4-29-19-8-6-5-7-18(19)10-12-23(26)30-16-22(25)24-14-13-17-9-11-20(27-2)21(15-17)28-3/h5-12,15H,4,13-14,16H2,1-3H3,(H,24,25)/b12-10+. The summed E-state index contributed by atoms with van der Waals surface area (Å²) in [6.07, 6.45) is 3.48. The zero-order valence-electron chi connectivity index (χ0n) is 17.5. The number of esters is 1. The van der Waals surface area contributed by atoms with E-state index in [0.29, 0.717) is 36.8 Å². The average Bonchev–Trinajstić information content (AvgIpc) is 2.77. The van der Waals surface area contributed by atoms with Crippen molar-refractivity contribution in [2.75, 3.05) is 34.0 Å². The molecule has 0 aliphatic rings. The number of nitrogens with one attached hydrogen (secondary N) is 1. The van der Waals surface area contributed by atoms with Gasteiger partial charge in [-0.2, -0.15) is 0 Å². The fraction of sp³-hybridized carbons (Fsp3) is 0.304. The summed E-state index contributed by atoms with van der Waals surface area (Å²) in [5.74, 6) is 0.988. The molecule has 0 unspecified atom stereocenters. The highest BCUT2D eigenvalue weighted by Crippen LogP contribution is 2.27. The molecule has 0 radical (unpaired) electrons. The fourth-order valence-corrected chi connectivity index (χ4v) is 2.68. The summed E-state index contributed by atoms with van der Waals surface area (Å²) in [6.45, 7) is 2.48. The predicted molar refractivity (Wildman–Crippen MR) is 114 cm³/mol. The Kier molecular flexibility index (Phi) is 9.24. The van der Waals surface area contributed by atoms with Crippen LogP contribution in [0.3, 0.4) is 0 Å². The van der Waals surface area contributed by atoms with Gasteiger partial charge in [-0.25, -0.2) is 4.79 Å². The molecule has 0 aromatic heterocycles. The lowest BCUT2D eigenvalue weighted by Gasteiger charge is -2.10. The molecule has 0 bridgehead atoms. The van der Waals surface area contributed by atoms with Crippen LogP contribution in [-0.2, 0) is 20.7 Å². The Bertz CT molecular complexity index is 878. The number of rotatable bonds is 11. The molecule has 160 valence electrons. The largest absolute Gasteiger partial charge is 0.493 e. The van der Waals surface area contributed by atoms with Gasteiger partial charge in [-0.3, -0.25) is 4.79 Å². The average molecular weight is 413 g/mol. The summed E-state index contributed by atoms with van der Waals surface area (Å²) >= 11 is 0. The first-order chi connectivity index (χ1) is 14.6. The highest BCUT2D eigenvalue weighted by Gasteiger charge is 2.07. The Morgan fingerprint density at radius 3 is 2.50 bits per heavy atom. The minimum Gasteiger partial charge on any atom is -0.493 e. The van der Waals surface area contributed by atoms with Crippen molar-refractivity contribution in [2.24, 2.45) is 0 Å². The van der Waals surface area contributed by atoms with Crippen molar-refractivity contribution in [1.29, 1.82) is 0 Å². The first kappa shape index (κ1) is 22.8. The highest BCUT2D eigenvalue weighted by atomic mass is 16.5. The van der Waals surface area contributed by atoms with Crippen LogP contribution in [-0.4, -0.2) is 45.9 Å². The van der Waals surface area contributed by atoms with Crippen molar-refractivity contribution in [3.05, 3.63) is 59.7 Å². The van der Waals surface area contributed by atoms with Gasteiger partial charge in [-0.1, -0.05) is 24.3 Å². The number of carbonyl (C=O) groups excluding carboxylic acids is 2. The van der Waals surface area contributed by atoms with Gasteiger partial charge in [0, 0.05) is 18.2 Å². The van der Waals surface area contributed by atoms with Crippen LogP contribution in [0.25, 0.3) is 6.08 Å². The third-order valence-corrected chi connectivity index (χ3v) is 4.15. The topological polar surface area (TPSA) is 83.1 Å². The Labute approximate surface area is 176 Å². The van der Waals surface area contributed by atoms with Crippen LogP contribution < -0.4 is 19.5 Å². The predicted octanol–water partition coefficient (Wildman–Crippen LogP) is 3.02. The molecule has 30 heavy (non-hydrogen) atoms. The fourth-order valence-electron chi connectivity index (χ4n) is 2.68. The lowest BCUT2D eigenvalue weighted by molar-refractivity contribution is -0.143. The van der Waals surface area contributed by atoms with Crippen molar-refractivity contribution >= 4 is 18.0 Å². The van der Waals surface area contributed by atoms with Crippen LogP contribution in [0.4, 0.5) is 0 Å². The van der Waals surface area contributed by atoms with Crippen LogP contribution in [0, 0.1) is 0 Å². The molecule has 2 rings (SSSR count). The summed E-state index contributed by atoms with van der Waals surface area (Å²) < 4.78 is 20.9. The maximum absolute atomic E-state index is 11.9. The van der Waals surface area contributed by atoms with Crippen molar-refractivity contribution < 1.29 is 28.5 Å². The molecule has 0 saturated carbocycles. The number of amides is 1. The molecule has 1 N–H and O–H groups in total. The quantitative estimate of drug-likeness (QED) is 0.450. The van der Waals surface area contributed by atoms with E-state index >= 15 is 0 Å². The third-order valence-electron chi connectivity index (χ3n) is 4.15. The number of ether oxygens (including phenoxy) is 4. The second-order valence-electron chi connectivity index (χ2n) is 6.20. The van der Waals surface area contributed by atoms with E-state index in [1.54, 1.807) is 20.3 Å². The first-order valence-electron chi connectivity index (χ1n) is 9.61. The van der Waals surface area contributed by atoms with Gasteiger partial charge in [0.25, 0.3) is 5.91 Å². The Balaban J connectivity index is 1.75.